The second-order valence-electron chi connectivity index (χ2n) is 10.8. The number of rotatable bonds is 4. The number of carbonyl (C=O) groups is 1. The van der Waals surface area contributed by atoms with E-state index in [4.69, 9.17) is 9.31 Å². The van der Waals surface area contributed by atoms with Crippen molar-refractivity contribution in [1.29, 1.82) is 0 Å². The molecule has 6 nitrogen and oxygen atoms in total. The van der Waals surface area contributed by atoms with Crippen molar-refractivity contribution >= 4 is 35.3 Å². The molecule has 3 heterocycles. The minimum atomic E-state index is -0.827. The van der Waals surface area contributed by atoms with E-state index in [0.29, 0.717) is 0 Å². The largest absolute Gasteiger partial charge is 0.512 e. The van der Waals surface area contributed by atoms with E-state index in [9.17, 15) is 9.90 Å². The zero-order chi connectivity index (χ0) is 24.6. The summed E-state index contributed by atoms with van der Waals surface area (Å²) in [4.78, 5) is 14.2. The molecule has 2 aliphatic rings. The molecule has 7 heteroatoms. The fourth-order valence-corrected chi connectivity index (χ4v) is 5.34. The van der Waals surface area contributed by atoms with Gasteiger partial charge in [-0.3, -0.25) is 4.79 Å². The van der Waals surface area contributed by atoms with Gasteiger partial charge >= 0.3 is 13.1 Å². The zero-order valence-corrected chi connectivity index (χ0v) is 21.2. The van der Waals surface area contributed by atoms with Gasteiger partial charge in [0.25, 0.3) is 0 Å². The first-order valence-electron chi connectivity index (χ1n) is 12.0. The second kappa shape index (κ2) is 7.62. The van der Waals surface area contributed by atoms with E-state index < -0.39 is 24.3 Å². The van der Waals surface area contributed by atoms with E-state index in [1.807, 2.05) is 0 Å². The average Bonchev–Trinajstić information content (AvgIpc) is 3.22. The fraction of sp³-hybridized carbons (Fsp3) is 0.444. The number of carboxylic acid groups (broad SMARTS) is 1. The molecule has 1 aromatic heterocycles. The Bertz CT molecular complexity index is 1290. The summed E-state index contributed by atoms with van der Waals surface area (Å²) in [5.74, 6) is -0.827. The van der Waals surface area contributed by atoms with E-state index >= 15 is 0 Å². The Morgan fingerprint density at radius 1 is 1.06 bits per heavy atom. The topological polar surface area (TPSA) is 63.9 Å². The highest BCUT2D eigenvalue weighted by Gasteiger charge is 2.53. The molecule has 1 N–H and O–H groups in total. The number of hydrogen-bond donors (Lipinski definition) is 1. The molecule has 0 spiro atoms. The summed E-state index contributed by atoms with van der Waals surface area (Å²) < 4.78 is 15.2. The van der Waals surface area contributed by atoms with Crippen LogP contribution in [0.15, 0.2) is 30.3 Å². The Hall–Kier alpha value is -2.77. The van der Waals surface area contributed by atoms with Crippen molar-refractivity contribution in [2.75, 3.05) is 18.5 Å². The van der Waals surface area contributed by atoms with Crippen LogP contribution in [0.2, 0.25) is 0 Å². The van der Waals surface area contributed by atoms with E-state index in [2.05, 4.69) is 88.4 Å². The predicted octanol–water partition coefficient (Wildman–Crippen LogP) is 4.30. The second-order valence-corrected chi connectivity index (χ2v) is 10.8. The Morgan fingerprint density at radius 3 is 2.26 bits per heavy atom. The predicted molar refractivity (Wildman–Crippen MR) is 137 cm³/mol. The minimum absolute atomic E-state index is 0.0250. The van der Waals surface area contributed by atoms with Crippen molar-refractivity contribution in [1.82, 2.24) is 4.57 Å². The molecule has 2 aromatic carbocycles. The highest BCUT2D eigenvalue weighted by atomic mass is 16.7. The number of aromatic nitrogens is 1. The number of hydrogen-bond acceptors (Lipinski definition) is 4. The number of aliphatic carboxylic acids is 1. The third-order valence-corrected chi connectivity index (χ3v) is 7.94. The maximum atomic E-state index is 12.0. The molecule has 0 amide bonds. The molecular weight excluding hydrogens is 427 g/mol. The smallest absolute Gasteiger partial charge is 0.481 e. The van der Waals surface area contributed by atoms with Crippen LogP contribution in [0.25, 0.3) is 22.0 Å². The molecule has 0 bridgehead atoms. The lowest BCUT2D eigenvalue weighted by Crippen LogP contribution is -2.42. The summed E-state index contributed by atoms with van der Waals surface area (Å²) in [7, 11) is 1.60. The quantitative estimate of drug-likeness (QED) is 0.589. The lowest BCUT2D eigenvalue weighted by molar-refractivity contribution is -0.136. The Balaban J connectivity index is 1.84. The van der Waals surface area contributed by atoms with Crippen LogP contribution in [-0.2, 0) is 27.1 Å². The van der Waals surface area contributed by atoms with Crippen molar-refractivity contribution in [3.05, 3.63) is 47.0 Å². The lowest BCUT2D eigenvalue weighted by Gasteiger charge is -2.32. The van der Waals surface area contributed by atoms with Crippen LogP contribution >= 0.6 is 0 Å². The standard InChI is InChI=1S/C27H33BN2O4/c1-16-8-10-18(11-9-16)23-19(15-22(31)32)17(2)24-25-20(23)14-21(30(25)13-12-29(24)7)28-33-26(3,4)27(5,6)34-28/h8-11,14H,12-13,15H2,1-7H3,(H,31,32). The SMILES string of the molecule is Cc1ccc(-c2c(CC(=O)O)c(C)c3c4c2cc(B2OC(C)(C)C(C)(C)O2)n4CCN3C)cc1. The van der Waals surface area contributed by atoms with Crippen LogP contribution in [0, 0.1) is 13.8 Å². The van der Waals surface area contributed by atoms with Crippen LogP contribution in [0.3, 0.4) is 0 Å². The van der Waals surface area contributed by atoms with Crippen molar-refractivity contribution in [3.8, 4) is 11.1 Å². The van der Waals surface area contributed by atoms with E-state index in [0.717, 1.165) is 57.5 Å². The zero-order valence-electron chi connectivity index (χ0n) is 21.2. The Labute approximate surface area is 201 Å². The van der Waals surface area contributed by atoms with Crippen molar-refractivity contribution in [2.45, 2.75) is 65.7 Å². The molecule has 2 aliphatic heterocycles. The average molecular weight is 460 g/mol. The van der Waals surface area contributed by atoms with Gasteiger partial charge < -0.3 is 23.9 Å². The highest BCUT2D eigenvalue weighted by Crippen LogP contribution is 2.44. The normalized spacial score (nSPS) is 18.7. The van der Waals surface area contributed by atoms with Gasteiger partial charge in [0.1, 0.15) is 0 Å². The molecule has 178 valence electrons. The van der Waals surface area contributed by atoms with Gasteiger partial charge in [-0.05, 0) is 69.9 Å². The summed E-state index contributed by atoms with van der Waals surface area (Å²) in [6, 6.07) is 10.5. The van der Waals surface area contributed by atoms with Crippen LogP contribution in [-0.4, -0.2) is 47.6 Å². The molecule has 1 saturated heterocycles. The summed E-state index contributed by atoms with van der Waals surface area (Å²) in [5.41, 5.74) is 7.41. The molecule has 3 aromatic rings. The van der Waals surface area contributed by atoms with Gasteiger partial charge in [-0.2, -0.15) is 0 Å². The van der Waals surface area contributed by atoms with Crippen LogP contribution in [0.1, 0.15) is 44.4 Å². The molecule has 0 aliphatic carbocycles. The highest BCUT2D eigenvalue weighted by molar-refractivity contribution is 6.62. The summed E-state index contributed by atoms with van der Waals surface area (Å²) in [5, 5.41) is 10.9. The third kappa shape index (κ3) is 3.36. The van der Waals surface area contributed by atoms with E-state index in [1.54, 1.807) is 0 Å². The van der Waals surface area contributed by atoms with E-state index in [-0.39, 0.29) is 6.42 Å². The number of likely N-dealkylation sites (N-methyl/N-ethyl adjacent to an activating group) is 1. The molecular formula is C27H33BN2O4. The summed E-state index contributed by atoms with van der Waals surface area (Å²) >= 11 is 0. The van der Waals surface area contributed by atoms with Crippen LogP contribution < -0.4 is 10.5 Å². The van der Waals surface area contributed by atoms with Gasteiger partial charge in [-0.25, -0.2) is 0 Å². The molecule has 34 heavy (non-hydrogen) atoms. The van der Waals surface area contributed by atoms with E-state index in [1.165, 1.54) is 5.56 Å². The Kier molecular flexibility index (Phi) is 5.15. The van der Waals surface area contributed by atoms with Crippen LogP contribution in [0.4, 0.5) is 5.69 Å². The molecule has 5 rings (SSSR count). The first-order valence-corrected chi connectivity index (χ1v) is 12.0. The molecule has 0 radical (unpaired) electrons. The van der Waals surface area contributed by atoms with Crippen molar-refractivity contribution in [2.24, 2.45) is 0 Å². The molecule has 0 unspecified atom stereocenters. The maximum Gasteiger partial charge on any atom is 0.512 e. The third-order valence-electron chi connectivity index (χ3n) is 7.94. The van der Waals surface area contributed by atoms with Gasteiger partial charge in [-0.15, -0.1) is 0 Å². The number of carboxylic acids is 1. The van der Waals surface area contributed by atoms with Gasteiger partial charge in [0, 0.05) is 31.1 Å². The monoisotopic (exact) mass is 460 g/mol. The molecule has 0 atom stereocenters. The van der Waals surface area contributed by atoms with Gasteiger partial charge in [0.05, 0.1) is 28.8 Å². The Morgan fingerprint density at radius 2 is 1.68 bits per heavy atom. The number of benzene rings is 2. The fourth-order valence-electron chi connectivity index (χ4n) is 5.34. The van der Waals surface area contributed by atoms with Crippen LogP contribution in [0.5, 0.6) is 0 Å². The van der Waals surface area contributed by atoms with Gasteiger partial charge in [0.15, 0.2) is 0 Å². The summed E-state index contributed by atoms with van der Waals surface area (Å²) in [6.45, 7) is 14.0. The van der Waals surface area contributed by atoms with Crippen molar-refractivity contribution in [3.63, 3.8) is 0 Å². The number of anilines is 1. The van der Waals surface area contributed by atoms with Gasteiger partial charge in [0.2, 0.25) is 0 Å². The first kappa shape index (κ1) is 23.0. The molecule has 1 fully saturated rings. The number of aryl methyl sites for hydroxylation is 1. The number of nitrogens with zero attached hydrogens (tertiary/aromatic N) is 2. The molecule has 0 saturated carbocycles. The summed E-state index contributed by atoms with van der Waals surface area (Å²) in [6.07, 6.45) is -0.0250. The first-order chi connectivity index (χ1) is 15.9. The lowest BCUT2D eigenvalue weighted by atomic mass is 9.83. The van der Waals surface area contributed by atoms with Gasteiger partial charge in [-0.1, -0.05) is 29.8 Å². The van der Waals surface area contributed by atoms with Crippen molar-refractivity contribution < 1.29 is 19.2 Å². The maximum absolute atomic E-state index is 12.0. The minimum Gasteiger partial charge on any atom is -0.481 e.